The van der Waals surface area contributed by atoms with E-state index in [2.05, 4.69) is 5.32 Å². The molecule has 1 fully saturated rings. The van der Waals surface area contributed by atoms with Crippen LogP contribution >= 0.6 is 0 Å². The number of rotatable bonds is 9. The lowest BCUT2D eigenvalue weighted by Crippen LogP contribution is -2.55. The number of hydrogen-bond donors (Lipinski definition) is 5. The number of β-amino-alcohol motifs (C(OH)–C–C–N with tert-alkyl or cyclic N) is 1. The molecule has 6 atom stereocenters. The van der Waals surface area contributed by atoms with E-state index >= 15 is 0 Å². The minimum Gasteiger partial charge on any atom is -0.391 e. The number of carbonyl (C=O) groups excluding carboxylic acids is 2. The highest BCUT2D eigenvalue weighted by molar-refractivity contribution is 5.90. The first-order valence-electron chi connectivity index (χ1n) is 11.5. The van der Waals surface area contributed by atoms with Crippen molar-refractivity contribution in [3.8, 4) is 0 Å². The number of methoxy groups -OCH3 is 1. The smallest absolute Gasteiger partial charge is 0.252 e. The van der Waals surface area contributed by atoms with E-state index in [9.17, 15) is 30.0 Å². The molecule has 0 radical (unpaired) electrons. The zero-order valence-corrected chi connectivity index (χ0v) is 20.3. The molecule has 1 aliphatic heterocycles. The van der Waals surface area contributed by atoms with Crippen LogP contribution in [0.15, 0.2) is 42.5 Å². The van der Waals surface area contributed by atoms with E-state index in [-0.39, 0.29) is 30.8 Å². The number of allylic oxidation sites excluding steroid dienone is 1. The number of likely N-dealkylation sites (tertiary alicyclic amines) is 1. The van der Waals surface area contributed by atoms with Crippen LogP contribution in [0.25, 0.3) is 0 Å². The second-order valence-corrected chi connectivity index (χ2v) is 9.85. The molecule has 0 aromatic heterocycles. The highest BCUT2D eigenvalue weighted by Gasteiger charge is 2.38. The van der Waals surface area contributed by atoms with Crippen molar-refractivity contribution in [3.05, 3.63) is 48.0 Å². The number of benzene rings is 1. The van der Waals surface area contributed by atoms with Gasteiger partial charge in [-0.15, -0.1) is 0 Å². The van der Waals surface area contributed by atoms with Gasteiger partial charge < -0.3 is 35.4 Å². The molecule has 1 aromatic rings. The molecule has 0 aliphatic carbocycles. The molecule has 2 amide bonds. The van der Waals surface area contributed by atoms with Crippen molar-refractivity contribution >= 4 is 11.8 Å². The van der Waals surface area contributed by atoms with Crippen LogP contribution in [0.2, 0.25) is 0 Å². The fourth-order valence-corrected chi connectivity index (χ4v) is 3.76. The van der Waals surface area contributed by atoms with Gasteiger partial charge in [0, 0.05) is 20.2 Å². The summed E-state index contributed by atoms with van der Waals surface area (Å²) >= 11 is 0. The van der Waals surface area contributed by atoms with Gasteiger partial charge in [0.1, 0.15) is 24.4 Å². The van der Waals surface area contributed by atoms with Crippen LogP contribution < -0.4 is 5.32 Å². The van der Waals surface area contributed by atoms with E-state index in [1.165, 1.54) is 18.1 Å². The normalized spacial score (nSPS) is 23.3. The molecule has 1 saturated heterocycles. The number of nitrogens with zero attached hydrogens (tertiary/aromatic N) is 1. The fraction of sp³-hybridized carbons (Fsp3) is 0.600. The number of aliphatic hydroxyl groups is 4. The fourth-order valence-electron chi connectivity index (χ4n) is 3.76. The van der Waals surface area contributed by atoms with Gasteiger partial charge in [-0.2, -0.15) is 0 Å². The second kappa shape index (κ2) is 12.4. The van der Waals surface area contributed by atoms with E-state index in [4.69, 9.17) is 4.74 Å². The lowest BCUT2D eigenvalue weighted by atomic mass is 9.94. The standard InChI is InChI=1S/C25H38N2O7/c1-25(2,3)13-12-19(29)20(30)21(31)22(34-4)23(32)26-18-11-10-17(28)15-27(24(18)33)14-16-8-6-5-7-9-16/h5-9,12-13,17-22,28-31H,10-11,14-15H2,1-4H3,(H,26,32)/t17-,18-,19+,20-,21+,22+/m0/s1. The van der Waals surface area contributed by atoms with Crippen molar-refractivity contribution in [2.24, 2.45) is 5.41 Å². The molecule has 9 nitrogen and oxygen atoms in total. The average Bonchev–Trinajstić information content (AvgIpc) is 2.91. The minimum absolute atomic E-state index is 0.140. The summed E-state index contributed by atoms with van der Waals surface area (Å²) in [6, 6.07) is 8.39. The Balaban J connectivity index is 2.09. The maximum Gasteiger partial charge on any atom is 0.252 e. The number of hydrogen-bond acceptors (Lipinski definition) is 7. The first kappa shape index (κ1) is 27.9. The summed E-state index contributed by atoms with van der Waals surface area (Å²) < 4.78 is 5.11. The summed E-state index contributed by atoms with van der Waals surface area (Å²) in [5, 5.41) is 43.9. The Hall–Kier alpha value is -2.30. The summed E-state index contributed by atoms with van der Waals surface area (Å²) in [5.74, 6) is -1.15. The minimum atomic E-state index is -1.74. The molecule has 1 aromatic carbocycles. The number of carbonyl (C=O) groups is 2. The van der Waals surface area contributed by atoms with E-state index in [1.54, 1.807) is 6.08 Å². The molecule has 5 N–H and O–H groups in total. The summed E-state index contributed by atoms with van der Waals surface area (Å²) in [4.78, 5) is 27.5. The Labute approximate surface area is 201 Å². The lowest BCUT2D eigenvalue weighted by Gasteiger charge is -2.29. The van der Waals surface area contributed by atoms with E-state index in [0.717, 1.165) is 5.56 Å². The Kier molecular flexibility index (Phi) is 10.2. The quantitative estimate of drug-likeness (QED) is 0.323. The first-order valence-corrected chi connectivity index (χ1v) is 11.5. The van der Waals surface area contributed by atoms with Gasteiger partial charge in [0.15, 0.2) is 6.10 Å². The van der Waals surface area contributed by atoms with E-state index in [1.807, 2.05) is 51.1 Å². The van der Waals surface area contributed by atoms with Crippen molar-refractivity contribution in [1.29, 1.82) is 0 Å². The Bertz CT molecular complexity index is 824. The molecular formula is C25H38N2O7. The molecule has 190 valence electrons. The van der Waals surface area contributed by atoms with Crippen LogP contribution in [0.1, 0.15) is 39.2 Å². The Morgan fingerprint density at radius 2 is 1.82 bits per heavy atom. The van der Waals surface area contributed by atoms with E-state index < -0.39 is 42.5 Å². The number of amides is 2. The highest BCUT2D eigenvalue weighted by Crippen LogP contribution is 2.19. The molecule has 0 spiro atoms. The van der Waals surface area contributed by atoms with Crippen LogP contribution in [0.5, 0.6) is 0 Å². The molecule has 1 heterocycles. The maximum atomic E-state index is 13.1. The van der Waals surface area contributed by atoms with Crippen LogP contribution in [-0.2, 0) is 20.9 Å². The highest BCUT2D eigenvalue weighted by atomic mass is 16.5. The van der Waals surface area contributed by atoms with Crippen molar-refractivity contribution in [2.75, 3.05) is 13.7 Å². The second-order valence-electron chi connectivity index (χ2n) is 9.85. The number of aliphatic hydroxyl groups excluding tert-OH is 4. The number of nitrogens with one attached hydrogen (secondary N) is 1. The Morgan fingerprint density at radius 1 is 1.18 bits per heavy atom. The lowest BCUT2D eigenvalue weighted by molar-refractivity contribution is -0.151. The third-order valence-corrected chi connectivity index (χ3v) is 5.68. The summed E-state index contributed by atoms with van der Waals surface area (Å²) in [6.45, 7) is 6.15. The molecule has 0 unspecified atom stereocenters. The number of ether oxygens (including phenoxy) is 1. The van der Waals surface area contributed by atoms with Gasteiger partial charge in [-0.25, -0.2) is 0 Å². The molecule has 0 saturated carbocycles. The SMILES string of the molecule is CO[C@@H](C(=O)N[C@H]1CC[C@H](O)CN(Cc2ccccc2)C1=O)[C@H](O)[C@@H](O)[C@H](O)C=CC(C)(C)C. The van der Waals surface area contributed by atoms with Crippen molar-refractivity contribution < 1.29 is 34.8 Å². The van der Waals surface area contributed by atoms with Gasteiger partial charge in [-0.1, -0.05) is 63.3 Å². The van der Waals surface area contributed by atoms with Gasteiger partial charge in [-0.05, 0) is 23.8 Å². The molecule has 34 heavy (non-hydrogen) atoms. The molecule has 1 aliphatic rings. The molecular weight excluding hydrogens is 440 g/mol. The largest absolute Gasteiger partial charge is 0.391 e. The summed E-state index contributed by atoms with van der Waals surface area (Å²) in [7, 11) is 1.19. The van der Waals surface area contributed by atoms with Crippen molar-refractivity contribution in [2.45, 2.75) is 76.7 Å². The van der Waals surface area contributed by atoms with Gasteiger partial charge in [-0.3, -0.25) is 9.59 Å². The van der Waals surface area contributed by atoms with Gasteiger partial charge in [0.2, 0.25) is 5.91 Å². The van der Waals surface area contributed by atoms with Crippen LogP contribution in [0, 0.1) is 5.41 Å². The topological polar surface area (TPSA) is 140 Å². The maximum absolute atomic E-state index is 13.1. The van der Waals surface area contributed by atoms with Crippen LogP contribution in [0.3, 0.4) is 0 Å². The zero-order valence-electron chi connectivity index (χ0n) is 20.3. The van der Waals surface area contributed by atoms with Crippen molar-refractivity contribution in [3.63, 3.8) is 0 Å². The van der Waals surface area contributed by atoms with Gasteiger partial charge >= 0.3 is 0 Å². The molecule has 2 rings (SSSR count). The third kappa shape index (κ3) is 8.18. The van der Waals surface area contributed by atoms with E-state index in [0.29, 0.717) is 6.42 Å². The molecule has 9 heteroatoms. The predicted molar refractivity (Wildman–Crippen MR) is 126 cm³/mol. The monoisotopic (exact) mass is 478 g/mol. The summed E-state index contributed by atoms with van der Waals surface area (Å²) in [6.07, 6.45) is -3.53. The average molecular weight is 479 g/mol. The van der Waals surface area contributed by atoms with Crippen molar-refractivity contribution in [1.82, 2.24) is 10.2 Å². The van der Waals surface area contributed by atoms with Gasteiger partial charge in [0.25, 0.3) is 5.91 Å². The first-order chi connectivity index (χ1) is 15.9. The zero-order chi connectivity index (χ0) is 25.5. The Morgan fingerprint density at radius 3 is 2.41 bits per heavy atom. The van der Waals surface area contributed by atoms with Gasteiger partial charge in [0.05, 0.1) is 6.10 Å². The van der Waals surface area contributed by atoms with Crippen LogP contribution in [-0.4, -0.2) is 87.4 Å². The third-order valence-electron chi connectivity index (χ3n) is 5.68. The van der Waals surface area contributed by atoms with Crippen LogP contribution in [0.4, 0.5) is 0 Å². The summed E-state index contributed by atoms with van der Waals surface area (Å²) in [5.41, 5.74) is 0.639. The predicted octanol–water partition coefficient (Wildman–Crippen LogP) is 0.355. The molecule has 0 bridgehead atoms.